The predicted molar refractivity (Wildman–Crippen MR) is 113 cm³/mol. The number of aromatic nitrogens is 1. The molecule has 1 N–H and O–H groups in total. The third kappa shape index (κ3) is 3.65. The summed E-state index contributed by atoms with van der Waals surface area (Å²) in [6, 6.07) is 14.9. The van der Waals surface area contributed by atoms with Crippen molar-refractivity contribution >= 4 is 17.4 Å². The molecule has 1 fully saturated rings. The first-order valence-electron chi connectivity index (χ1n) is 10.3. The van der Waals surface area contributed by atoms with Crippen LogP contribution in [0.1, 0.15) is 34.0 Å². The summed E-state index contributed by atoms with van der Waals surface area (Å²) in [6.07, 6.45) is 2.63. The van der Waals surface area contributed by atoms with Crippen LogP contribution in [-0.2, 0) is 11.2 Å². The van der Waals surface area contributed by atoms with Gasteiger partial charge in [0.15, 0.2) is 11.6 Å². The Morgan fingerprint density at radius 3 is 2.84 bits per heavy atom. The second-order valence-electron chi connectivity index (χ2n) is 7.74. The normalized spacial score (nSPS) is 20.0. The van der Waals surface area contributed by atoms with E-state index in [1.807, 2.05) is 24.3 Å². The smallest absolute Gasteiger partial charge is 0.262 e. The maximum Gasteiger partial charge on any atom is 0.262 e. The lowest BCUT2D eigenvalue weighted by molar-refractivity contribution is 0.0988. The number of amides is 1. The van der Waals surface area contributed by atoms with Gasteiger partial charge in [-0.3, -0.25) is 4.79 Å². The Morgan fingerprint density at radius 2 is 1.97 bits per heavy atom. The first kappa shape index (κ1) is 19.6. The Hall–Kier alpha value is -3.32. The van der Waals surface area contributed by atoms with Crippen LogP contribution in [0.4, 0.5) is 20.3 Å². The molecule has 1 saturated heterocycles. The van der Waals surface area contributed by atoms with Gasteiger partial charge in [-0.15, -0.1) is 0 Å². The standard InChI is InChI=1S/C24H21F2N3O2/c25-18-8-7-16(14-19(18)26)22-20(10-13-31-22)28-23-17(5-3-11-27-23)24(30)29-12-9-15-4-1-2-6-21(15)29/h1-8,11,14,20,22H,9-10,12-13H2,(H,27,28). The number of hydrogen-bond donors (Lipinski definition) is 1. The van der Waals surface area contributed by atoms with Crippen LogP contribution in [0, 0.1) is 11.6 Å². The average Bonchev–Trinajstić information content (AvgIpc) is 3.43. The Morgan fingerprint density at radius 1 is 1.10 bits per heavy atom. The van der Waals surface area contributed by atoms with E-state index in [0.717, 1.165) is 29.8 Å². The summed E-state index contributed by atoms with van der Waals surface area (Å²) in [6.45, 7) is 1.09. The molecular weight excluding hydrogens is 400 g/mol. The minimum Gasteiger partial charge on any atom is -0.371 e. The van der Waals surface area contributed by atoms with Gasteiger partial charge in [-0.2, -0.15) is 0 Å². The minimum absolute atomic E-state index is 0.121. The first-order chi connectivity index (χ1) is 15.1. The van der Waals surface area contributed by atoms with Crippen molar-refractivity contribution in [2.75, 3.05) is 23.4 Å². The number of fused-ring (bicyclic) bond motifs is 1. The highest BCUT2D eigenvalue weighted by atomic mass is 19.2. The average molecular weight is 421 g/mol. The largest absolute Gasteiger partial charge is 0.371 e. The molecule has 0 spiro atoms. The number of carbonyl (C=O) groups is 1. The van der Waals surface area contributed by atoms with Crippen LogP contribution in [0.3, 0.4) is 0 Å². The van der Waals surface area contributed by atoms with Crippen LogP contribution in [0.2, 0.25) is 0 Å². The Bertz CT molecular complexity index is 1140. The summed E-state index contributed by atoms with van der Waals surface area (Å²) in [4.78, 5) is 19.5. The van der Waals surface area contributed by atoms with E-state index in [1.54, 1.807) is 23.2 Å². The summed E-state index contributed by atoms with van der Waals surface area (Å²) in [5, 5.41) is 3.32. The highest BCUT2D eigenvalue weighted by Crippen LogP contribution is 2.34. The SMILES string of the molecule is O=C(c1cccnc1NC1CCOC1c1ccc(F)c(F)c1)N1CCc2ccccc21. The number of nitrogens with one attached hydrogen (secondary N) is 1. The van der Waals surface area contributed by atoms with Crippen molar-refractivity contribution in [1.82, 2.24) is 4.98 Å². The zero-order chi connectivity index (χ0) is 21.4. The molecule has 5 nitrogen and oxygen atoms in total. The molecule has 3 heterocycles. The molecule has 1 aromatic heterocycles. The highest BCUT2D eigenvalue weighted by molar-refractivity contribution is 6.10. The van der Waals surface area contributed by atoms with Crippen LogP contribution < -0.4 is 10.2 Å². The van der Waals surface area contributed by atoms with Gasteiger partial charge in [-0.05, 0) is 54.3 Å². The van der Waals surface area contributed by atoms with Crippen molar-refractivity contribution in [1.29, 1.82) is 0 Å². The number of ether oxygens (including phenoxy) is 1. The van der Waals surface area contributed by atoms with E-state index < -0.39 is 17.7 Å². The van der Waals surface area contributed by atoms with Crippen molar-refractivity contribution < 1.29 is 18.3 Å². The van der Waals surface area contributed by atoms with Gasteiger partial charge in [-0.25, -0.2) is 13.8 Å². The monoisotopic (exact) mass is 421 g/mol. The molecule has 7 heteroatoms. The maximum atomic E-state index is 13.7. The molecule has 0 radical (unpaired) electrons. The molecule has 2 aromatic carbocycles. The molecule has 2 aliphatic heterocycles. The number of anilines is 2. The number of rotatable bonds is 4. The van der Waals surface area contributed by atoms with E-state index >= 15 is 0 Å². The van der Waals surface area contributed by atoms with Gasteiger partial charge in [-0.1, -0.05) is 24.3 Å². The van der Waals surface area contributed by atoms with Crippen LogP contribution in [0.5, 0.6) is 0 Å². The Labute approximate surface area is 178 Å². The number of halogens is 2. The van der Waals surface area contributed by atoms with Gasteiger partial charge in [0, 0.05) is 25.0 Å². The third-order valence-electron chi connectivity index (χ3n) is 5.86. The molecule has 0 aliphatic carbocycles. The lowest BCUT2D eigenvalue weighted by atomic mass is 10.0. The van der Waals surface area contributed by atoms with E-state index in [4.69, 9.17) is 4.74 Å². The van der Waals surface area contributed by atoms with Gasteiger partial charge < -0.3 is 15.0 Å². The molecule has 2 aliphatic rings. The maximum absolute atomic E-state index is 13.7. The molecule has 0 saturated carbocycles. The molecule has 5 rings (SSSR count). The number of pyridine rings is 1. The summed E-state index contributed by atoms with van der Waals surface area (Å²) in [5.41, 5.74) is 3.09. The summed E-state index contributed by atoms with van der Waals surface area (Å²) < 4.78 is 32.9. The second kappa shape index (κ2) is 8.07. The Kier molecular flexibility index (Phi) is 5.11. The van der Waals surface area contributed by atoms with Gasteiger partial charge >= 0.3 is 0 Å². The van der Waals surface area contributed by atoms with Crippen LogP contribution in [-0.4, -0.2) is 30.1 Å². The van der Waals surface area contributed by atoms with Gasteiger partial charge in [0.2, 0.25) is 0 Å². The highest BCUT2D eigenvalue weighted by Gasteiger charge is 2.33. The van der Waals surface area contributed by atoms with Gasteiger partial charge in [0.1, 0.15) is 11.9 Å². The molecule has 2 atom stereocenters. The van der Waals surface area contributed by atoms with Crippen LogP contribution >= 0.6 is 0 Å². The first-order valence-corrected chi connectivity index (χ1v) is 10.3. The predicted octanol–water partition coefficient (Wildman–Crippen LogP) is 4.50. The fourth-order valence-electron chi connectivity index (χ4n) is 4.32. The minimum atomic E-state index is -0.909. The van der Waals surface area contributed by atoms with E-state index in [9.17, 15) is 13.6 Å². The van der Waals surface area contributed by atoms with E-state index in [0.29, 0.717) is 36.5 Å². The van der Waals surface area contributed by atoms with E-state index in [-0.39, 0.29) is 11.9 Å². The molecule has 3 aromatic rings. The van der Waals surface area contributed by atoms with E-state index in [1.165, 1.54) is 6.07 Å². The number of carbonyl (C=O) groups excluding carboxylic acids is 1. The van der Waals surface area contributed by atoms with Crippen molar-refractivity contribution in [2.45, 2.75) is 25.0 Å². The third-order valence-corrected chi connectivity index (χ3v) is 5.86. The van der Waals surface area contributed by atoms with Crippen molar-refractivity contribution in [3.05, 3.63) is 89.1 Å². The fraction of sp³-hybridized carbons (Fsp3) is 0.250. The summed E-state index contributed by atoms with van der Waals surface area (Å²) in [7, 11) is 0. The lowest BCUT2D eigenvalue weighted by Gasteiger charge is -2.23. The summed E-state index contributed by atoms with van der Waals surface area (Å²) in [5.74, 6) is -1.47. The van der Waals surface area contributed by atoms with Crippen molar-refractivity contribution in [2.24, 2.45) is 0 Å². The fourth-order valence-corrected chi connectivity index (χ4v) is 4.32. The van der Waals surface area contributed by atoms with Gasteiger partial charge in [0.25, 0.3) is 5.91 Å². The molecule has 2 unspecified atom stereocenters. The zero-order valence-electron chi connectivity index (χ0n) is 16.7. The molecular formula is C24H21F2N3O2. The van der Waals surface area contributed by atoms with Crippen molar-refractivity contribution in [3.63, 3.8) is 0 Å². The van der Waals surface area contributed by atoms with Gasteiger partial charge in [0.05, 0.1) is 11.6 Å². The van der Waals surface area contributed by atoms with Crippen LogP contribution in [0.15, 0.2) is 60.8 Å². The molecule has 1 amide bonds. The van der Waals surface area contributed by atoms with Crippen LogP contribution in [0.25, 0.3) is 0 Å². The molecule has 31 heavy (non-hydrogen) atoms. The molecule has 158 valence electrons. The number of nitrogens with zero attached hydrogens (tertiary/aromatic N) is 2. The number of hydrogen-bond acceptors (Lipinski definition) is 4. The van der Waals surface area contributed by atoms with Crippen molar-refractivity contribution in [3.8, 4) is 0 Å². The number of benzene rings is 2. The summed E-state index contributed by atoms with van der Waals surface area (Å²) >= 11 is 0. The van der Waals surface area contributed by atoms with E-state index in [2.05, 4.69) is 10.3 Å². The lowest BCUT2D eigenvalue weighted by Crippen LogP contribution is -2.31. The topological polar surface area (TPSA) is 54.5 Å². The second-order valence-corrected chi connectivity index (χ2v) is 7.74. The molecule has 0 bridgehead atoms. The zero-order valence-corrected chi connectivity index (χ0v) is 16.7. The Balaban J connectivity index is 1.41. The quantitative estimate of drug-likeness (QED) is 0.674. The number of para-hydroxylation sites is 1.